The molecule has 0 aromatic carbocycles. The summed E-state index contributed by atoms with van der Waals surface area (Å²) < 4.78 is 30.6. The van der Waals surface area contributed by atoms with E-state index >= 15 is 0 Å². The van der Waals surface area contributed by atoms with Gasteiger partial charge in [0.05, 0.1) is 12.4 Å². The standard InChI is InChI=1S/C17H30N2O4S/c1-24(21,22)19(14-16-8-5-13-23-16)12-10-17(20)18-11-9-15-6-3-2-4-7-15/h6,16H,2-5,7-14H2,1H3,(H,18,20). The predicted octanol–water partition coefficient (Wildman–Crippen LogP) is 1.82. The van der Waals surface area contributed by atoms with Crippen molar-refractivity contribution in [3.05, 3.63) is 11.6 Å². The summed E-state index contributed by atoms with van der Waals surface area (Å²) in [6.45, 7) is 1.89. The Morgan fingerprint density at radius 1 is 1.38 bits per heavy atom. The van der Waals surface area contributed by atoms with Gasteiger partial charge in [0.25, 0.3) is 0 Å². The minimum absolute atomic E-state index is 0.0407. The van der Waals surface area contributed by atoms with Crippen molar-refractivity contribution in [2.75, 3.05) is 32.5 Å². The maximum Gasteiger partial charge on any atom is 0.221 e. The molecule has 1 unspecified atom stereocenters. The molecule has 2 aliphatic rings. The van der Waals surface area contributed by atoms with Crippen molar-refractivity contribution in [2.24, 2.45) is 0 Å². The zero-order valence-corrected chi connectivity index (χ0v) is 15.4. The molecular weight excluding hydrogens is 328 g/mol. The largest absolute Gasteiger partial charge is 0.377 e. The van der Waals surface area contributed by atoms with E-state index < -0.39 is 10.0 Å². The number of amides is 1. The summed E-state index contributed by atoms with van der Waals surface area (Å²) in [5.41, 5.74) is 1.43. The third-order valence-corrected chi connectivity index (χ3v) is 5.91. The summed E-state index contributed by atoms with van der Waals surface area (Å²) in [6.07, 6.45) is 11.2. The number of hydrogen-bond acceptors (Lipinski definition) is 4. The van der Waals surface area contributed by atoms with Gasteiger partial charge in [-0.3, -0.25) is 4.79 Å². The van der Waals surface area contributed by atoms with Crippen LogP contribution >= 0.6 is 0 Å². The minimum Gasteiger partial charge on any atom is -0.377 e. The fraction of sp³-hybridized carbons (Fsp3) is 0.824. The molecule has 0 spiro atoms. The third kappa shape index (κ3) is 6.91. The van der Waals surface area contributed by atoms with Crippen LogP contribution < -0.4 is 5.32 Å². The van der Waals surface area contributed by atoms with Crippen molar-refractivity contribution in [3.63, 3.8) is 0 Å². The topological polar surface area (TPSA) is 75.7 Å². The molecule has 1 fully saturated rings. The van der Waals surface area contributed by atoms with E-state index in [1.54, 1.807) is 0 Å². The first-order chi connectivity index (χ1) is 11.4. The summed E-state index contributed by atoms with van der Waals surface area (Å²) in [7, 11) is -3.32. The Hall–Kier alpha value is -0.920. The highest BCUT2D eigenvalue weighted by molar-refractivity contribution is 7.88. The van der Waals surface area contributed by atoms with Gasteiger partial charge in [-0.2, -0.15) is 4.31 Å². The Labute approximate surface area is 145 Å². The Morgan fingerprint density at radius 2 is 2.21 bits per heavy atom. The molecule has 0 aromatic heterocycles. The molecule has 24 heavy (non-hydrogen) atoms. The van der Waals surface area contributed by atoms with Crippen LogP contribution in [0.2, 0.25) is 0 Å². The first-order valence-corrected chi connectivity index (χ1v) is 10.8. The lowest BCUT2D eigenvalue weighted by Gasteiger charge is -2.22. The van der Waals surface area contributed by atoms with E-state index in [-0.39, 0.29) is 25.0 Å². The summed E-state index contributed by atoms with van der Waals surface area (Å²) in [5, 5.41) is 2.90. The summed E-state index contributed by atoms with van der Waals surface area (Å²) in [5.74, 6) is -0.0904. The van der Waals surface area contributed by atoms with Crippen LogP contribution in [0.1, 0.15) is 51.4 Å². The van der Waals surface area contributed by atoms with Crippen molar-refractivity contribution in [1.29, 1.82) is 0 Å². The number of allylic oxidation sites excluding steroid dienone is 1. The maximum atomic E-state index is 12.0. The fourth-order valence-electron chi connectivity index (χ4n) is 3.22. The number of carbonyl (C=O) groups excluding carboxylic acids is 1. The van der Waals surface area contributed by atoms with Crippen molar-refractivity contribution >= 4 is 15.9 Å². The highest BCUT2D eigenvalue weighted by Gasteiger charge is 2.25. The van der Waals surface area contributed by atoms with Gasteiger partial charge in [-0.05, 0) is 44.9 Å². The average Bonchev–Trinajstić information content (AvgIpc) is 3.04. The van der Waals surface area contributed by atoms with Crippen LogP contribution in [0.3, 0.4) is 0 Å². The summed E-state index contributed by atoms with van der Waals surface area (Å²) >= 11 is 0. The lowest BCUT2D eigenvalue weighted by atomic mass is 9.97. The van der Waals surface area contributed by atoms with Gasteiger partial charge in [0, 0.05) is 32.7 Å². The molecule has 0 radical (unpaired) electrons. The van der Waals surface area contributed by atoms with Gasteiger partial charge in [-0.15, -0.1) is 0 Å². The Morgan fingerprint density at radius 3 is 2.83 bits per heavy atom. The summed E-state index contributed by atoms with van der Waals surface area (Å²) in [4.78, 5) is 12.0. The van der Waals surface area contributed by atoms with Crippen molar-refractivity contribution < 1.29 is 17.9 Å². The highest BCUT2D eigenvalue weighted by atomic mass is 32.2. The number of nitrogens with zero attached hydrogens (tertiary/aromatic N) is 1. The minimum atomic E-state index is -3.32. The highest BCUT2D eigenvalue weighted by Crippen LogP contribution is 2.19. The first kappa shape index (κ1) is 19.4. The first-order valence-electron chi connectivity index (χ1n) is 8.96. The summed E-state index contributed by atoms with van der Waals surface area (Å²) in [6, 6.07) is 0. The van der Waals surface area contributed by atoms with E-state index in [0.29, 0.717) is 19.7 Å². The maximum absolute atomic E-state index is 12.0. The fourth-order valence-corrected chi connectivity index (χ4v) is 4.08. The van der Waals surface area contributed by atoms with Crippen LogP contribution in [0.25, 0.3) is 0 Å². The van der Waals surface area contributed by atoms with Crippen molar-refractivity contribution in [1.82, 2.24) is 9.62 Å². The zero-order chi connectivity index (χ0) is 17.4. The molecule has 0 saturated carbocycles. The van der Waals surface area contributed by atoms with E-state index in [4.69, 9.17) is 4.74 Å². The van der Waals surface area contributed by atoms with Crippen molar-refractivity contribution in [2.45, 2.75) is 57.5 Å². The van der Waals surface area contributed by atoms with E-state index in [2.05, 4.69) is 11.4 Å². The molecule has 0 aromatic rings. The number of carbonyl (C=O) groups is 1. The normalized spacial score (nSPS) is 21.8. The van der Waals surface area contributed by atoms with E-state index in [0.717, 1.165) is 32.1 Å². The van der Waals surface area contributed by atoms with Crippen LogP contribution in [-0.2, 0) is 19.6 Å². The molecule has 1 saturated heterocycles. The quantitative estimate of drug-likeness (QED) is 0.638. The van der Waals surface area contributed by atoms with Crippen LogP contribution in [0, 0.1) is 0 Å². The lowest BCUT2D eigenvalue weighted by Crippen LogP contribution is -2.39. The van der Waals surface area contributed by atoms with Crippen LogP contribution in [0.4, 0.5) is 0 Å². The number of rotatable bonds is 9. The Bertz CT molecular complexity index is 539. The van der Waals surface area contributed by atoms with Crippen molar-refractivity contribution in [3.8, 4) is 0 Å². The predicted molar refractivity (Wildman–Crippen MR) is 94.2 cm³/mol. The molecular formula is C17H30N2O4S. The second kappa shape index (κ2) is 9.53. The molecule has 2 rings (SSSR count). The van der Waals surface area contributed by atoms with E-state index in [1.807, 2.05) is 0 Å². The molecule has 1 aliphatic carbocycles. The second-order valence-corrected chi connectivity index (χ2v) is 8.70. The third-order valence-electron chi connectivity index (χ3n) is 4.64. The molecule has 7 heteroatoms. The molecule has 6 nitrogen and oxygen atoms in total. The molecule has 1 atom stereocenters. The molecule has 0 bridgehead atoms. The van der Waals surface area contributed by atoms with Gasteiger partial charge in [0.15, 0.2) is 0 Å². The Balaban J connectivity index is 1.69. The number of hydrogen-bond donors (Lipinski definition) is 1. The van der Waals surface area contributed by atoms with Crippen LogP contribution in [0.15, 0.2) is 11.6 Å². The smallest absolute Gasteiger partial charge is 0.221 e. The van der Waals surface area contributed by atoms with Gasteiger partial charge in [-0.25, -0.2) is 8.42 Å². The van der Waals surface area contributed by atoms with Crippen LogP contribution in [-0.4, -0.2) is 57.2 Å². The number of sulfonamides is 1. The van der Waals surface area contributed by atoms with E-state index in [9.17, 15) is 13.2 Å². The van der Waals surface area contributed by atoms with Gasteiger partial charge >= 0.3 is 0 Å². The van der Waals surface area contributed by atoms with E-state index in [1.165, 1.54) is 29.0 Å². The molecule has 1 N–H and O–H groups in total. The SMILES string of the molecule is CS(=O)(=O)N(CCC(=O)NCCC1=CCCCC1)CC1CCCO1. The zero-order valence-electron chi connectivity index (χ0n) is 14.6. The average molecular weight is 359 g/mol. The van der Waals surface area contributed by atoms with Gasteiger partial charge in [-0.1, -0.05) is 11.6 Å². The lowest BCUT2D eigenvalue weighted by molar-refractivity contribution is -0.121. The monoisotopic (exact) mass is 358 g/mol. The Kier molecular flexibility index (Phi) is 7.71. The molecule has 138 valence electrons. The second-order valence-electron chi connectivity index (χ2n) is 6.71. The molecule has 1 amide bonds. The molecule has 1 aliphatic heterocycles. The van der Waals surface area contributed by atoms with Gasteiger partial charge in [0.2, 0.25) is 15.9 Å². The van der Waals surface area contributed by atoms with Gasteiger partial charge < -0.3 is 10.1 Å². The number of nitrogens with one attached hydrogen (secondary N) is 1. The number of ether oxygens (including phenoxy) is 1. The molecule has 1 heterocycles. The van der Waals surface area contributed by atoms with Crippen LogP contribution in [0.5, 0.6) is 0 Å². The van der Waals surface area contributed by atoms with Gasteiger partial charge in [0.1, 0.15) is 0 Å².